The second kappa shape index (κ2) is 7.41. The molecule has 2 fully saturated rings. The summed E-state index contributed by atoms with van der Waals surface area (Å²) >= 11 is 0. The van der Waals surface area contributed by atoms with Crippen LogP contribution < -0.4 is 10.2 Å². The van der Waals surface area contributed by atoms with Crippen molar-refractivity contribution in [3.05, 3.63) is 39.2 Å². The van der Waals surface area contributed by atoms with E-state index in [1.165, 1.54) is 12.8 Å². The Bertz CT molecular complexity index is 846. The molecule has 0 spiro atoms. The highest BCUT2D eigenvalue weighted by atomic mass is 16.5. The second-order valence-electron chi connectivity index (χ2n) is 7.61. The summed E-state index contributed by atoms with van der Waals surface area (Å²) in [5, 5.41) is 0.742. The zero-order chi connectivity index (χ0) is 18.1. The quantitative estimate of drug-likeness (QED) is 0.913. The maximum absolute atomic E-state index is 13.5. The molecule has 5 nitrogen and oxygen atoms in total. The number of hydrogen-bond donors (Lipinski definition) is 1. The predicted octanol–water partition coefficient (Wildman–Crippen LogP) is 3.33. The van der Waals surface area contributed by atoms with E-state index in [9.17, 15) is 4.79 Å². The van der Waals surface area contributed by atoms with Gasteiger partial charge in [-0.25, -0.2) is 0 Å². The SMILES string of the molecule is COc1cc(C)cc2c(=O)c(CN3CCOCC3)c(C3CCCC3)[nH]c12. The van der Waals surface area contributed by atoms with E-state index >= 15 is 0 Å². The maximum Gasteiger partial charge on any atom is 0.194 e. The minimum atomic E-state index is 0.161. The van der Waals surface area contributed by atoms with Crippen LogP contribution in [0.4, 0.5) is 0 Å². The Hall–Kier alpha value is -1.85. The Morgan fingerprint density at radius 1 is 1.23 bits per heavy atom. The van der Waals surface area contributed by atoms with Gasteiger partial charge in [-0.15, -0.1) is 0 Å². The molecule has 1 aliphatic heterocycles. The second-order valence-corrected chi connectivity index (χ2v) is 7.61. The van der Waals surface area contributed by atoms with Gasteiger partial charge in [0.05, 0.1) is 25.8 Å². The Morgan fingerprint density at radius 3 is 2.65 bits per heavy atom. The predicted molar refractivity (Wildman–Crippen MR) is 103 cm³/mol. The third-order valence-electron chi connectivity index (χ3n) is 5.82. The summed E-state index contributed by atoms with van der Waals surface area (Å²) in [7, 11) is 1.67. The van der Waals surface area contributed by atoms with E-state index in [1.807, 2.05) is 19.1 Å². The van der Waals surface area contributed by atoms with Crippen molar-refractivity contribution in [2.24, 2.45) is 0 Å². The molecule has 2 aromatic rings. The third kappa shape index (κ3) is 3.26. The molecule has 0 bridgehead atoms. The molecule has 4 rings (SSSR count). The molecule has 140 valence electrons. The molecule has 0 amide bonds. The van der Waals surface area contributed by atoms with Gasteiger partial charge < -0.3 is 14.5 Å². The lowest BCUT2D eigenvalue weighted by atomic mass is 9.95. The summed E-state index contributed by atoms with van der Waals surface area (Å²) in [5.41, 5.74) is 4.13. The fourth-order valence-electron chi connectivity index (χ4n) is 4.42. The van der Waals surface area contributed by atoms with Crippen molar-refractivity contribution >= 4 is 10.9 Å². The average molecular weight is 356 g/mol. The fourth-order valence-corrected chi connectivity index (χ4v) is 4.42. The van der Waals surface area contributed by atoms with Crippen LogP contribution in [0, 0.1) is 6.92 Å². The number of hydrogen-bond acceptors (Lipinski definition) is 4. The highest BCUT2D eigenvalue weighted by Crippen LogP contribution is 2.36. The van der Waals surface area contributed by atoms with Gasteiger partial charge in [-0.1, -0.05) is 12.8 Å². The number of aromatic nitrogens is 1. The van der Waals surface area contributed by atoms with Gasteiger partial charge in [0.2, 0.25) is 0 Å². The molecule has 26 heavy (non-hydrogen) atoms. The first-order valence-electron chi connectivity index (χ1n) is 9.71. The van der Waals surface area contributed by atoms with Gasteiger partial charge in [-0.2, -0.15) is 0 Å². The molecular weight excluding hydrogens is 328 g/mol. The molecule has 2 heterocycles. The Kier molecular flexibility index (Phi) is 5.00. The molecule has 1 N–H and O–H groups in total. The van der Waals surface area contributed by atoms with Crippen LogP contribution >= 0.6 is 0 Å². The number of benzene rings is 1. The number of H-pyrrole nitrogens is 1. The van der Waals surface area contributed by atoms with Crippen molar-refractivity contribution < 1.29 is 9.47 Å². The lowest BCUT2D eigenvalue weighted by Crippen LogP contribution is -2.37. The molecule has 0 unspecified atom stereocenters. The number of fused-ring (bicyclic) bond motifs is 1. The van der Waals surface area contributed by atoms with Gasteiger partial charge in [-0.05, 0) is 43.4 Å². The van der Waals surface area contributed by atoms with Gasteiger partial charge in [0.1, 0.15) is 5.75 Å². The minimum absolute atomic E-state index is 0.161. The molecule has 1 saturated heterocycles. The fraction of sp³-hybridized carbons (Fsp3) is 0.571. The van der Waals surface area contributed by atoms with Crippen LogP contribution in [-0.4, -0.2) is 43.3 Å². The highest BCUT2D eigenvalue weighted by molar-refractivity contribution is 5.86. The number of rotatable bonds is 4. The average Bonchev–Trinajstić information content (AvgIpc) is 3.19. The normalized spacial score (nSPS) is 19.3. The Morgan fingerprint density at radius 2 is 1.96 bits per heavy atom. The number of nitrogens with zero attached hydrogens (tertiary/aromatic N) is 1. The summed E-state index contributed by atoms with van der Waals surface area (Å²) in [4.78, 5) is 19.4. The molecule has 1 aromatic carbocycles. The number of nitrogens with one attached hydrogen (secondary N) is 1. The van der Waals surface area contributed by atoms with Gasteiger partial charge in [0.15, 0.2) is 5.43 Å². The first-order valence-corrected chi connectivity index (χ1v) is 9.71. The standard InChI is InChI=1S/C21H28N2O3/c1-14-11-16-20(18(12-14)25-2)22-19(15-5-3-4-6-15)17(21(16)24)13-23-7-9-26-10-8-23/h11-12,15H,3-10,13H2,1-2H3,(H,22,24). The largest absolute Gasteiger partial charge is 0.495 e. The van der Waals surface area contributed by atoms with Crippen LogP contribution in [0.5, 0.6) is 5.75 Å². The van der Waals surface area contributed by atoms with Crippen molar-refractivity contribution in [2.75, 3.05) is 33.4 Å². The summed E-state index contributed by atoms with van der Waals surface area (Å²) < 4.78 is 11.0. The Balaban J connectivity index is 1.87. The first-order chi connectivity index (χ1) is 12.7. The van der Waals surface area contributed by atoms with E-state index in [0.29, 0.717) is 12.5 Å². The van der Waals surface area contributed by atoms with Crippen molar-refractivity contribution in [3.8, 4) is 5.75 Å². The summed E-state index contributed by atoms with van der Waals surface area (Å²) in [6.45, 7) is 5.98. The Labute approximate surface area is 154 Å². The highest BCUT2D eigenvalue weighted by Gasteiger charge is 2.26. The molecule has 0 atom stereocenters. The first kappa shape index (κ1) is 17.6. The smallest absolute Gasteiger partial charge is 0.194 e. The summed E-state index contributed by atoms with van der Waals surface area (Å²) in [6.07, 6.45) is 4.80. The van der Waals surface area contributed by atoms with E-state index in [0.717, 1.165) is 72.6 Å². The minimum Gasteiger partial charge on any atom is -0.495 e. The summed E-state index contributed by atoms with van der Waals surface area (Å²) in [5.74, 6) is 1.21. The van der Waals surface area contributed by atoms with E-state index in [2.05, 4.69) is 9.88 Å². The van der Waals surface area contributed by atoms with E-state index < -0.39 is 0 Å². The molecule has 0 radical (unpaired) electrons. The lowest BCUT2D eigenvalue weighted by molar-refractivity contribution is 0.0339. The molecule has 1 saturated carbocycles. The number of methoxy groups -OCH3 is 1. The summed E-state index contributed by atoms with van der Waals surface area (Å²) in [6, 6.07) is 3.98. The number of morpholine rings is 1. The zero-order valence-corrected chi connectivity index (χ0v) is 15.8. The number of aromatic amines is 1. The topological polar surface area (TPSA) is 54.6 Å². The van der Waals surface area contributed by atoms with Crippen molar-refractivity contribution in [3.63, 3.8) is 0 Å². The van der Waals surface area contributed by atoms with Crippen LogP contribution in [0.2, 0.25) is 0 Å². The molecule has 1 aliphatic carbocycles. The van der Waals surface area contributed by atoms with Crippen molar-refractivity contribution in [1.82, 2.24) is 9.88 Å². The molecule has 1 aromatic heterocycles. The van der Waals surface area contributed by atoms with Crippen molar-refractivity contribution in [1.29, 1.82) is 0 Å². The van der Waals surface area contributed by atoms with Crippen molar-refractivity contribution in [2.45, 2.75) is 45.1 Å². The molecule has 5 heteroatoms. The third-order valence-corrected chi connectivity index (χ3v) is 5.82. The van der Waals surface area contributed by atoms with E-state index in [-0.39, 0.29) is 5.43 Å². The lowest BCUT2D eigenvalue weighted by Gasteiger charge is -2.28. The van der Waals surface area contributed by atoms with Crippen LogP contribution in [0.25, 0.3) is 10.9 Å². The van der Waals surface area contributed by atoms with Gasteiger partial charge in [-0.3, -0.25) is 9.69 Å². The van der Waals surface area contributed by atoms with E-state index in [4.69, 9.17) is 9.47 Å². The van der Waals surface area contributed by atoms with Crippen LogP contribution in [0.1, 0.15) is 48.4 Å². The number of ether oxygens (including phenoxy) is 2. The van der Waals surface area contributed by atoms with Crippen LogP contribution in [-0.2, 0) is 11.3 Å². The van der Waals surface area contributed by atoms with Crippen LogP contribution in [0.3, 0.4) is 0 Å². The van der Waals surface area contributed by atoms with Crippen LogP contribution in [0.15, 0.2) is 16.9 Å². The van der Waals surface area contributed by atoms with Gasteiger partial charge in [0.25, 0.3) is 0 Å². The maximum atomic E-state index is 13.5. The molecule has 2 aliphatic rings. The monoisotopic (exact) mass is 356 g/mol. The van der Waals surface area contributed by atoms with Gasteiger partial charge >= 0.3 is 0 Å². The molecular formula is C21H28N2O3. The zero-order valence-electron chi connectivity index (χ0n) is 15.8. The number of pyridine rings is 1. The van der Waals surface area contributed by atoms with E-state index in [1.54, 1.807) is 7.11 Å². The van der Waals surface area contributed by atoms with Gasteiger partial charge in [0, 0.05) is 36.3 Å². The number of aryl methyl sites for hydroxylation is 1.